The summed E-state index contributed by atoms with van der Waals surface area (Å²) in [6, 6.07) is 0. The molecule has 0 saturated heterocycles. The summed E-state index contributed by atoms with van der Waals surface area (Å²) in [5.74, 6) is 1.40. The Morgan fingerprint density at radius 1 is 1.50 bits per heavy atom. The average molecular weight is 144 g/mol. The molecule has 0 saturated carbocycles. The normalized spacial score (nSPS) is 16.8. The van der Waals surface area contributed by atoms with Gasteiger partial charge in [-0.3, -0.25) is 0 Å². The molecule has 0 aromatic carbocycles. The van der Waals surface area contributed by atoms with Crippen molar-refractivity contribution in [2.24, 2.45) is 17.6 Å². The van der Waals surface area contributed by atoms with E-state index in [9.17, 15) is 0 Å². The predicted octanol–water partition coefficient (Wildman–Crippen LogP) is 0.827. The first-order chi connectivity index (χ1) is 4.76. The second-order valence-corrected chi connectivity index (χ2v) is 2.94. The lowest BCUT2D eigenvalue weighted by molar-refractivity contribution is 0.347. The maximum Gasteiger partial charge on any atom is -0.000891 e. The molecule has 0 fully saturated rings. The highest BCUT2D eigenvalue weighted by Crippen LogP contribution is 2.12. The molecule has 0 aromatic heterocycles. The topological polar surface area (TPSA) is 38.0 Å². The minimum absolute atomic E-state index is 0.648. The number of rotatable bonds is 5. The third-order valence-corrected chi connectivity index (χ3v) is 2.22. The van der Waals surface area contributed by atoms with Crippen LogP contribution < -0.4 is 11.1 Å². The number of hydrogen-bond acceptors (Lipinski definition) is 2. The van der Waals surface area contributed by atoms with E-state index in [0.29, 0.717) is 5.92 Å². The lowest BCUT2D eigenvalue weighted by atomic mass is 9.92. The molecule has 0 spiro atoms. The van der Waals surface area contributed by atoms with Crippen LogP contribution in [0.25, 0.3) is 0 Å². The van der Waals surface area contributed by atoms with Crippen LogP contribution in [0.5, 0.6) is 0 Å². The summed E-state index contributed by atoms with van der Waals surface area (Å²) in [6.45, 7) is 6.32. The Labute approximate surface area is 64.2 Å². The van der Waals surface area contributed by atoms with E-state index in [-0.39, 0.29) is 0 Å². The Bertz CT molecular complexity index is 73.7. The van der Waals surface area contributed by atoms with Crippen LogP contribution in [0.4, 0.5) is 0 Å². The monoisotopic (exact) mass is 144 g/mol. The Balaban J connectivity index is 3.56. The largest absolute Gasteiger partial charge is 0.330 e. The van der Waals surface area contributed by atoms with Crippen molar-refractivity contribution in [3.63, 3.8) is 0 Å². The molecule has 0 amide bonds. The molecule has 2 heteroatoms. The lowest BCUT2D eigenvalue weighted by Crippen LogP contribution is -2.30. The summed E-state index contributed by atoms with van der Waals surface area (Å²) in [5, 5.41) is 3.15. The first-order valence-corrected chi connectivity index (χ1v) is 4.10. The molecule has 10 heavy (non-hydrogen) atoms. The van der Waals surface area contributed by atoms with E-state index >= 15 is 0 Å². The van der Waals surface area contributed by atoms with Crippen LogP contribution in [0.1, 0.15) is 20.3 Å². The summed E-state index contributed by atoms with van der Waals surface area (Å²) in [7, 11) is 1.98. The zero-order valence-electron chi connectivity index (χ0n) is 7.35. The van der Waals surface area contributed by atoms with Gasteiger partial charge in [-0.15, -0.1) is 0 Å². The zero-order chi connectivity index (χ0) is 7.98. The van der Waals surface area contributed by atoms with Gasteiger partial charge in [-0.2, -0.15) is 0 Å². The van der Waals surface area contributed by atoms with Crippen LogP contribution in [0, 0.1) is 11.8 Å². The fraction of sp³-hybridized carbons (Fsp3) is 1.00. The molecule has 0 radical (unpaired) electrons. The minimum Gasteiger partial charge on any atom is -0.330 e. The highest BCUT2D eigenvalue weighted by Gasteiger charge is 2.11. The molecule has 0 aromatic rings. The molecule has 0 heterocycles. The highest BCUT2D eigenvalue weighted by molar-refractivity contribution is 4.67. The second-order valence-electron chi connectivity index (χ2n) is 2.94. The van der Waals surface area contributed by atoms with Gasteiger partial charge in [0.05, 0.1) is 0 Å². The first kappa shape index (κ1) is 9.92. The third-order valence-electron chi connectivity index (χ3n) is 2.22. The lowest BCUT2D eigenvalue weighted by Gasteiger charge is -2.20. The third kappa shape index (κ3) is 3.18. The van der Waals surface area contributed by atoms with Gasteiger partial charge in [0, 0.05) is 0 Å². The fourth-order valence-electron chi connectivity index (χ4n) is 1.11. The van der Waals surface area contributed by atoms with Gasteiger partial charge < -0.3 is 11.1 Å². The van der Waals surface area contributed by atoms with Crippen LogP contribution in [-0.4, -0.2) is 20.1 Å². The van der Waals surface area contributed by atoms with Crippen LogP contribution >= 0.6 is 0 Å². The predicted molar refractivity (Wildman–Crippen MR) is 45.9 cm³/mol. The standard InChI is InChI=1S/C8H20N2/c1-4-7(2)8(5-9)6-10-3/h7-8,10H,4-6,9H2,1-3H3. The van der Waals surface area contributed by atoms with Gasteiger partial charge in [-0.05, 0) is 32.0 Å². The SMILES string of the molecule is CCC(C)C(CN)CNC. The molecule has 2 nitrogen and oxygen atoms in total. The number of hydrogen-bond donors (Lipinski definition) is 2. The van der Waals surface area contributed by atoms with Gasteiger partial charge in [0.25, 0.3) is 0 Å². The molecular weight excluding hydrogens is 124 g/mol. The molecule has 62 valence electrons. The van der Waals surface area contributed by atoms with Crippen molar-refractivity contribution < 1.29 is 0 Å². The molecule has 3 N–H and O–H groups in total. The van der Waals surface area contributed by atoms with Crippen LogP contribution in [0.2, 0.25) is 0 Å². The van der Waals surface area contributed by atoms with Crippen LogP contribution in [0.15, 0.2) is 0 Å². The van der Waals surface area contributed by atoms with Gasteiger partial charge in [-0.1, -0.05) is 20.3 Å². The Morgan fingerprint density at radius 2 is 2.10 bits per heavy atom. The quantitative estimate of drug-likeness (QED) is 0.599. The van der Waals surface area contributed by atoms with E-state index in [2.05, 4.69) is 19.2 Å². The molecular formula is C8H20N2. The van der Waals surface area contributed by atoms with Crippen molar-refractivity contribution in [1.82, 2.24) is 5.32 Å². The number of nitrogens with two attached hydrogens (primary N) is 1. The van der Waals surface area contributed by atoms with Crippen LogP contribution in [0.3, 0.4) is 0 Å². The van der Waals surface area contributed by atoms with Gasteiger partial charge in [0.1, 0.15) is 0 Å². The van der Waals surface area contributed by atoms with Crippen molar-refractivity contribution in [3.8, 4) is 0 Å². The number of nitrogens with one attached hydrogen (secondary N) is 1. The van der Waals surface area contributed by atoms with E-state index in [1.165, 1.54) is 6.42 Å². The Hall–Kier alpha value is -0.0800. The van der Waals surface area contributed by atoms with Crippen LogP contribution in [-0.2, 0) is 0 Å². The van der Waals surface area contributed by atoms with Crippen molar-refractivity contribution >= 4 is 0 Å². The molecule has 0 aliphatic heterocycles. The molecule has 0 aliphatic rings. The Kier molecular flexibility index (Phi) is 5.64. The van der Waals surface area contributed by atoms with Gasteiger partial charge >= 0.3 is 0 Å². The fourth-order valence-corrected chi connectivity index (χ4v) is 1.11. The molecule has 0 bridgehead atoms. The average Bonchev–Trinajstić information content (AvgIpc) is 1.99. The Morgan fingerprint density at radius 3 is 2.40 bits per heavy atom. The summed E-state index contributed by atoms with van der Waals surface area (Å²) < 4.78 is 0. The van der Waals surface area contributed by atoms with E-state index < -0.39 is 0 Å². The summed E-state index contributed by atoms with van der Waals surface area (Å²) >= 11 is 0. The maximum atomic E-state index is 5.60. The first-order valence-electron chi connectivity index (χ1n) is 4.10. The molecule has 0 rings (SSSR count). The van der Waals surface area contributed by atoms with Crippen molar-refractivity contribution in [3.05, 3.63) is 0 Å². The summed E-state index contributed by atoms with van der Waals surface area (Å²) in [5.41, 5.74) is 5.60. The molecule has 2 atom stereocenters. The van der Waals surface area contributed by atoms with Crippen molar-refractivity contribution in [2.75, 3.05) is 20.1 Å². The van der Waals surface area contributed by atoms with Crippen molar-refractivity contribution in [1.29, 1.82) is 0 Å². The maximum absolute atomic E-state index is 5.60. The molecule has 2 unspecified atom stereocenters. The molecule has 0 aliphatic carbocycles. The van der Waals surface area contributed by atoms with E-state index in [4.69, 9.17) is 5.73 Å². The van der Waals surface area contributed by atoms with E-state index in [1.54, 1.807) is 0 Å². The van der Waals surface area contributed by atoms with Gasteiger partial charge in [0.2, 0.25) is 0 Å². The van der Waals surface area contributed by atoms with Gasteiger partial charge in [-0.25, -0.2) is 0 Å². The minimum atomic E-state index is 0.648. The van der Waals surface area contributed by atoms with E-state index in [1.807, 2.05) is 7.05 Å². The highest BCUT2D eigenvalue weighted by atomic mass is 14.8. The van der Waals surface area contributed by atoms with E-state index in [0.717, 1.165) is 19.0 Å². The van der Waals surface area contributed by atoms with Gasteiger partial charge in [0.15, 0.2) is 0 Å². The zero-order valence-corrected chi connectivity index (χ0v) is 7.35. The van der Waals surface area contributed by atoms with Crippen molar-refractivity contribution in [2.45, 2.75) is 20.3 Å². The second kappa shape index (κ2) is 5.69. The summed E-state index contributed by atoms with van der Waals surface area (Å²) in [4.78, 5) is 0. The summed E-state index contributed by atoms with van der Waals surface area (Å²) in [6.07, 6.45) is 1.23. The smallest absolute Gasteiger partial charge is 0.000891 e.